The molecule has 0 aromatic heterocycles. The molecule has 2 aromatic carbocycles. The van der Waals surface area contributed by atoms with Gasteiger partial charge < -0.3 is 5.53 Å². The van der Waals surface area contributed by atoms with E-state index in [4.69, 9.17) is 6.42 Å². The summed E-state index contributed by atoms with van der Waals surface area (Å²) in [6.07, 6.45) is 5.53. The lowest BCUT2D eigenvalue weighted by Gasteiger charge is -2.16. The van der Waals surface area contributed by atoms with Crippen LogP contribution in [0.5, 0.6) is 0 Å². The molecule has 0 atom stereocenters. The van der Waals surface area contributed by atoms with E-state index in [0.29, 0.717) is 5.71 Å². The average Bonchev–Trinajstić information content (AvgIpc) is 2.55. The van der Waals surface area contributed by atoms with Crippen LogP contribution in [0.1, 0.15) is 44.5 Å². The maximum atomic E-state index is 9.85. The van der Waals surface area contributed by atoms with Gasteiger partial charge in [-0.3, -0.25) is 0 Å². The lowest BCUT2D eigenvalue weighted by Crippen LogP contribution is -2.15. The fourth-order valence-electron chi connectivity index (χ4n) is 3.16. The molecule has 2 aromatic rings. The Balaban J connectivity index is 2.88. The first-order valence-electron chi connectivity index (χ1n) is 7.49. The molecule has 4 heteroatoms. The molecule has 0 bridgehead atoms. The van der Waals surface area contributed by atoms with Crippen LogP contribution in [0.2, 0.25) is 0 Å². The Morgan fingerprint density at radius 3 is 1.75 bits per heavy atom. The number of hydrogen-bond donors (Lipinski definition) is 0. The minimum absolute atomic E-state index is 0.611. The predicted octanol–water partition coefficient (Wildman–Crippen LogP) is 5.49. The summed E-state index contributed by atoms with van der Waals surface area (Å²) in [6, 6.07) is 3.92. The van der Waals surface area contributed by atoms with Crippen molar-refractivity contribution in [3.05, 3.63) is 69.3 Å². The molecule has 0 amide bonds. The quantitative estimate of drug-likeness (QED) is 0.159. The van der Waals surface area contributed by atoms with Crippen molar-refractivity contribution in [3.63, 3.8) is 0 Å². The minimum Gasteiger partial charge on any atom is -0.361 e. The third kappa shape index (κ3) is 3.17. The zero-order valence-electron chi connectivity index (χ0n) is 14.4. The van der Waals surface area contributed by atoms with Crippen molar-refractivity contribution < 1.29 is 4.79 Å². The zero-order chi connectivity index (χ0) is 18.2. The lowest BCUT2D eigenvalue weighted by molar-refractivity contribution is -0.00296. The molecule has 2 rings (SSSR count). The van der Waals surface area contributed by atoms with Gasteiger partial charge in [0, 0.05) is 12.7 Å². The van der Waals surface area contributed by atoms with E-state index in [-0.39, 0.29) is 0 Å². The molecule has 0 aliphatic rings. The maximum absolute atomic E-state index is 9.85. The van der Waals surface area contributed by atoms with Gasteiger partial charge >= 0.3 is 5.71 Å². The number of aryl methyl sites for hydroxylation is 2. The van der Waals surface area contributed by atoms with Crippen molar-refractivity contribution in [2.45, 2.75) is 34.6 Å². The van der Waals surface area contributed by atoms with Crippen molar-refractivity contribution in [2.24, 2.45) is 0 Å². The Bertz CT molecular complexity index is 891. The third-order valence-electron chi connectivity index (χ3n) is 4.34. The van der Waals surface area contributed by atoms with E-state index in [2.05, 4.69) is 76.7 Å². The molecule has 122 valence electrons. The molecular formula is C20H18I2N2. The van der Waals surface area contributed by atoms with E-state index in [9.17, 15) is 5.53 Å². The van der Waals surface area contributed by atoms with Crippen LogP contribution in [0, 0.1) is 54.1 Å². The van der Waals surface area contributed by atoms with Gasteiger partial charge in [-0.05, 0) is 120 Å². The summed E-state index contributed by atoms with van der Waals surface area (Å²) in [7, 11) is 0. The van der Waals surface area contributed by atoms with Crippen molar-refractivity contribution in [1.29, 1.82) is 0 Å². The standard InChI is InChI=1S/C20H18I2N2/c1-7-15-8-10(2)16(11(3)9-15)20(24-23)17-12(4)18(21)14(6)19(22)13(17)5/h1,8-9H,2-6H3. The molecule has 0 N–H and O–H groups in total. The molecule has 0 saturated heterocycles. The van der Waals surface area contributed by atoms with E-state index in [0.717, 1.165) is 38.9 Å². The molecule has 0 aliphatic heterocycles. The minimum atomic E-state index is 0.611. The topological polar surface area (TPSA) is 36.4 Å². The molecule has 0 spiro atoms. The third-order valence-corrected chi connectivity index (χ3v) is 7.58. The predicted molar refractivity (Wildman–Crippen MR) is 117 cm³/mol. The van der Waals surface area contributed by atoms with Crippen LogP contribution in [-0.2, 0) is 0 Å². The highest BCUT2D eigenvalue weighted by atomic mass is 127. The summed E-state index contributed by atoms with van der Waals surface area (Å²) in [4.78, 5) is 3.70. The highest BCUT2D eigenvalue weighted by Crippen LogP contribution is 2.32. The highest BCUT2D eigenvalue weighted by molar-refractivity contribution is 14.1. The number of rotatable bonds is 2. The second-order valence-corrected chi connectivity index (χ2v) is 8.11. The van der Waals surface area contributed by atoms with Crippen LogP contribution in [-0.4, -0.2) is 10.5 Å². The van der Waals surface area contributed by atoms with Crippen LogP contribution < -0.4 is 0 Å². The highest BCUT2D eigenvalue weighted by Gasteiger charge is 2.27. The van der Waals surface area contributed by atoms with Crippen LogP contribution >= 0.6 is 45.2 Å². The summed E-state index contributed by atoms with van der Waals surface area (Å²) in [5.74, 6) is 2.68. The Morgan fingerprint density at radius 2 is 1.38 bits per heavy atom. The van der Waals surface area contributed by atoms with E-state index < -0.39 is 0 Å². The average molecular weight is 540 g/mol. The Kier molecular flexibility index (Phi) is 5.90. The van der Waals surface area contributed by atoms with Crippen LogP contribution in [0.4, 0.5) is 0 Å². The fourth-order valence-corrected chi connectivity index (χ4v) is 4.75. The van der Waals surface area contributed by atoms with Gasteiger partial charge in [-0.2, -0.15) is 4.79 Å². The number of halogens is 2. The molecule has 0 aliphatic carbocycles. The zero-order valence-corrected chi connectivity index (χ0v) is 18.7. The molecule has 0 fully saturated rings. The first kappa shape index (κ1) is 19.2. The van der Waals surface area contributed by atoms with Crippen molar-refractivity contribution in [1.82, 2.24) is 0 Å². The molecule has 24 heavy (non-hydrogen) atoms. The summed E-state index contributed by atoms with van der Waals surface area (Å²) in [5, 5.41) is 0. The van der Waals surface area contributed by atoms with Gasteiger partial charge in [-0.25, -0.2) is 0 Å². The number of hydrogen-bond acceptors (Lipinski definition) is 0. The SMILES string of the molecule is C#Cc1cc(C)c(C(=[N+]=[N-])c2c(C)c(I)c(C)c(I)c2C)c(C)c1. The second kappa shape index (κ2) is 7.38. The van der Waals surface area contributed by atoms with Crippen molar-refractivity contribution in [2.75, 3.05) is 0 Å². The van der Waals surface area contributed by atoms with Gasteiger partial charge in [-0.1, -0.05) is 5.92 Å². The van der Waals surface area contributed by atoms with E-state index in [1.54, 1.807) is 0 Å². The summed E-state index contributed by atoms with van der Waals surface area (Å²) < 4.78 is 2.41. The molecule has 0 radical (unpaired) electrons. The smallest absolute Gasteiger partial charge is 0.330 e. The van der Waals surface area contributed by atoms with Gasteiger partial charge in [-0.15, -0.1) is 6.42 Å². The normalized spacial score (nSPS) is 10.2. The number of nitrogens with zero attached hydrogens (tertiary/aromatic N) is 2. The van der Waals surface area contributed by atoms with Crippen LogP contribution in [0.15, 0.2) is 12.1 Å². The van der Waals surface area contributed by atoms with Crippen molar-refractivity contribution >= 4 is 50.9 Å². The molecule has 0 heterocycles. The van der Waals surface area contributed by atoms with Crippen LogP contribution in [0.3, 0.4) is 0 Å². The Hall–Kier alpha value is -1.16. The molecule has 0 saturated carbocycles. The summed E-state index contributed by atoms with van der Waals surface area (Å²) in [6.45, 7) is 10.3. The fraction of sp³-hybridized carbons (Fsp3) is 0.250. The van der Waals surface area contributed by atoms with Gasteiger partial charge in [0.25, 0.3) is 0 Å². The lowest BCUT2D eigenvalue weighted by atomic mass is 9.88. The van der Waals surface area contributed by atoms with Gasteiger partial charge in [0.2, 0.25) is 0 Å². The van der Waals surface area contributed by atoms with E-state index in [1.807, 2.05) is 26.0 Å². The van der Waals surface area contributed by atoms with Gasteiger partial charge in [0.15, 0.2) is 0 Å². The first-order chi connectivity index (χ1) is 11.2. The van der Waals surface area contributed by atoms with Crippen LogP contribution in [0.25, 0.3) is 5.53 Å². The summed E-state index contributed by atoms with van der Waals surface area (Å²) >= 11 is 4.73. The van der Waals surface area contributed by atoms with E-state index in [1.165, 1.54) is 12.7 Å². The largest absolute Gasteiger partial charge is 0.361 e. The molecular weight excluding hydrogens is 522 g/mol. The Morgan fingerprint density at radius 1 is 0.917 bits per heavy atom. The molecule has 2 nitrogen and oxygen atoms in total. The van der Waals surface area contributed by atoms with Gasteiger partial charge in [0.05, 0.1) is 11.1 Å². The number of terminal acetylenes is 1. The van der Waals surface area contributed by atoms with Gasteiger partial charge in [0.1, 0.15) is 0 Å². The van der Waals surface area contributed by atoms with Crippen molar-refractivity contribution in [3.8, 4) is 12.3 Å². The van der Waals surface area contributed by atoms with E-state index >= 15 is 0 Å². The molecule has 0 unspecified atom stereocenters. The summed E-state index contributed by atoms with van der Waals surface area (Å²) in [5.41, 5.74) is 18.8. The second-order valence-electron chi connectivity index (χ2n) is 5.96. The maximum Gasteiger partial charge on any atom is 0.330 e. The Labute approximate surface area is 171 Å². The first-order valence-corrected chi connectivity index (χ1v) is 9.65. The number of benzene rings is 2. The monoisotopic (exact) mass is 540 g/mol.